The predicted molar refractivity (Wildman–Crippen MR) is 70.1 cm³/mol. The highest BCUT2D eigenvalue weighted by Crippen LogP contribution is 2.06. The van der Waals surface area contributed by atoms with E-state index in [4.69, 9.17) is 14.2 Å². The SMILES string of the molecule is Cc1oc(=O)oc1COC(=O)C=CC(=O)OCC1CNC(=O)O1. The van der Waals surface area contributed by atoms with E-state index >= 15 is 0 Å². The molecule has 0 aromatic carbocycles. The topological polar surface area (TPSA) is 134 Å². The third-order valence-electron chi connectivity index (χ3n) is 2.70. The van der Waals surface area contributed by atoms with E-state index in [1.54, 1.807) is 0 Å². The molecule has 2 heterocycles. The lowest BCUT2D eigenvalue weighted by molar-refractivity contribution is -0.142. The minimum atomic E-state index is -0.894. The lowest BCUT2D eigenvalue weighted by Gasteiger charge is -2.06. The largest absolute Gasteiger partial charge is 0.519 e. The molecule has 23 heavy (non-hydrogen) atoms. The van der Waals surface area contributed by atoms with E-state index in [0.717, 1.165) is 12.2 Å². The second-order valence-corrected chi connectivity index (χ2v) is 4.41. The zero-order valence-corrected chi connectivity index (χ0v) is 12.0. The van der Waals surface area contributed by atoms with Gasteiger partial charge in [0, 0.05) is 12.2 Å². The highest BCUT2D eigenvalue weighted by atomic mass is 16.6. The van der Waals surface area contributed by atoms with Crippen LogP contribution in [0.2, 0.25) is 0 Å². The van der Waals surface area contributed by atoms with Crippen molar-refractivity contribution >= 4 is 18.0 Å². The van der Waals surface area contributed by atoms with E-state index in [-0.39, 0.29) is 31.3 Å². The van der Waals surface area contributed by atoms with Crippen LogP contribution < -0.4 is 11.1 Å². The van der Waals surface area contributed by atoms with Gasteiger partial charge in [-0.2, -0.15) is 0 Å². The van der Waals surface area contributed by atoms with Gasteiger partial charge in [0.2, 0.25) is 0 Å². The van der Waals surface area contributed by atoms with E-state index in [1.807, 2.05) is 0 Å². The molecule has 10 nitrogen and oxygen atoms in total. The molecule has 2 rings (SSSR count). The van der Waals surface area contributed by atoms with Crippen LogP contribution in [0.5, 0.6) is 0 Å². The number of nitrogens with one attached hydrogen (secondary N) is 1. The molecule has 0 saturated carbocycles. The highest BCUT2D eigenvalue weighted by Gasteiger charge is 2.23. The summed E-state index contributed by atoms with van der Waals surface area (Å²) in [4.78, 5) is 44.3. The molecule has 1 amide bonds. The Morgan fingerprint density at radius 1 is 1.22 bits per heavy atom. The number of esters is 2. The maximum absolute atomic E-state index is 11.4. The fraction of sp³-hybridized carbons (Fsp3) is 0.385. The minimum absolute atomic E-state index is 0.0786. The summed E-state index contributed by atoms with van der Waals surface area (Å²) in [6.07, 6.45) is 0.588. The van der Waals surface area contributed by atoms with Gasteiger partial charge in [0.25, 0.3) is 0 Å². The van der Waals surface area contributed by atoms with Crippen LogP contribution in [-0.4, -0.2) is 37.3 Å². The molecular weight excluding hydrogens is 314 g/mol. The summed E-state index contributed by atoms with van der Waals surface area (Å²) in [5.74, 6) is -2.24. The van der Waals surface area contributed by atoms with Crippen LogP contribution in [0.1, 0.15) is 11.5 Å². The second kappa shape index (κ2) is 7.29. The summed E-state index contributed by atoms with van der Waals surface area (Å²) in [5, 5.41) is 2.40. The first-order chi connectivity index (χ1) is 10.9. The van der Waals surface area contributed by atoms with Crippen molar-refractivity contribution in [3.63, 3.8) is 0 Å². The van der Waals surface area contributed by atoms with E-state index in [1.165, 1.54) is 6.92 Å². The van der Waals surface area contributed by atoms with Crippen LogP contribution in [0.4, 0.5) is 4.79 Å². The molecule has 1 fully saturated rings. The Hall–Kier alpha value is -3.04. The monoisotopic (exact) mass is 327 g/mol. The number of carbonyl (C=O) groups excluding carboxylic acids is 3. The van der Waals surface area contributed by atoms with Gasteiger partial charge >= 0.3 is 23.9 Å². The summed E-state index contributed by atoms with van der Waals surface area (Å²) >= 11 is 0. The number of hydrogen-bond donors (Lipinski definition) is 1. The van der Waals surface area contributed by atoms with E-state index in [2.05, 4.69) is 14.2 Å². The summed E-state index contributed by atoms with van der Waals surface area (Å²) in [7, 11) is 0. The third kappa shape index (κ3) is 5.02. The predicted octanol–water partition coefficient (Wildman–Crippen LogP) is -0.208. The number of cyclic esters (lactones) is 1. The van der Waals surface area contributed by atoms with E-state index in [9.17, 15) is 19.2 Å². The molecule has 1 saturated heterocycles. The number of rotatable bonds is 6. The molecule has 124 valence electrons. The van der Waals surface area contributed by atoms with Gasteiger partial charge in [0.05, 0.1) is 6.54 Å². The van der Waals surface area contributed by atoms with Crippen molar-refractivity contribution in [2.75, 3.05) is 13.2 Å². The Kier molecular flexibility index (Phi) is 5.18. The number of alkyl carbamates (subject to hydrolysis) is 1. The average molecular weight is 327 g/mol. The summed E-state index contributed by atoms with van der Waals surface area (Å²) < 4.78 is 23.5. The van der Waals surface area contributed by atoms with Crippen LogP contribution in [-0.2, 0) is 30.4 Å². The van der Waals surface area contributed by atoms with Gasteiger partial charge in [-0.1, -0.05) is 0 Å². The van der Waals surface area contributed by atoms with Crippen molar-refractivity contribution in [3.8, 4) is 0 Å². The fourth-order valence-electron chi connectivity index (χ4n) is 1.58. The van der Waals surface area contributed by atoms with Gasteiger partial charge in [0.15, 0.2) is 24.2 Å². The highest BCUT2D eigenvalue weighted by molar-refractivity contribution is 5.91. The van der Waals surface area contributed by atoms with Crippen molar-refractivity contribution in [2.24, 2.45) is 0 Å². The molecule has 1 unspecified atom stereocenters. The first-order valence-corrected chi connectivity index (χ1v) is 6.49. The number of amides is 1. The lowest BCUT2D eigenvalue weighted by atomic mass is 10.4. The van der Waals surface area contributed by atoms with Gasteiger partial charge in [0.1, 0.15) is 6.61 Å². The van der Waals surface area contributed by atoms with Gasteiger partial charge in [-0.25, -0.2) is 19.2 Å². The molecule has 1 atom stereocenters. The summed E-state index contributed by atoms with van der Waals surface area (Å²) in [5.41, 5.74) is 0. The smallest absolute Gasteiger partial charge is 0.459 e. The van der Waals surface area contributed by atoms with Gasteiger partial charge in [-0.05, 0) is 6.92 Å². The molecule has 10 heteroatoms. The standard InChI is InChI=1S/C13H13NO9/c1-7-9(23-13(18)21-7)6-20-11(16)3-2-10(15)19-5-8-4-14-12(17)22-8/h2-3,8H,4-6H2,1H3,(H,14,17). The molecule has 0 radical (unpaired) electrons. The third-order valence-corrected chi connectivity index (χ3v) is 2.70. The van der Waals surface area contributed by atoms with Crippen molar-refractivity contribution in [1.29, 1.82) is 0 Å². The van der Waals surface area contributed by atoms with Gasteiger partial charge in [-0.15, -0.1) is 0 Å². The van der Waals surface area contributed by atoms with Crippen LogP contribution in [0.15, 0.2) is 25.8 Å². The van der Waals surface area contributed by atoms with Crippen molar-refractivity contribution in [1.82, 2.24) is 5.32 Å². The fourth-order valence-corrected chi connectivity index (χ4v) is 1.58. The van der Waals surface area contributed by atoms with Crippen molar-refractivity contribution in [2.45, 2.75) is 19.6 Å². The van der Waals surface area contributed by atoms with Crippen LogP contribution >= 0.6 is 0 Å². The van der Waals surface area contributed by atoms with Crippen molar-refractivity contribution in [3.05, 3.63) is 34.3 Å². The van der Waals surface area contributed by atoms with Crippen LogP contribution in [0.25, 0.3) is 0 Å². The Balaban J connectivity index is 1.70. The van der Waals surface area contributed by atoms with Crippen LogP contribution in [0, 0.1) is 6.92 Å². The maximum atomic E-state index is 11.4. The normalized spacial score (nSPS) is 16.9. The number of ether oxygens (including phenoxy) is 3. The number of aryl methyl sites for hydroxylation is 1. The minimum Gasteiger partial charge on any atom is -0.459 e. The van der Waals surface area contributed by atoms with Gasteiger partial charge < -0.3 is 28.4 Å². The van der Waals surface area contributed by atoms with E-state index in [0.29, 0.717) is 0 Å². The maximum Gasteiger partial charge on any atom is 0.519 e. The van der Waals surface area contributed by atoms with Gasteiger partial charge in [-0.3, -0.25) is 0 Å². The molecule has 1 aliphatic rings. The van der Waals surface area contributed by atoms with Crippen molar-refractivity contribution < 1.29 is 37.4 Å². The Morgan fingerprint density at radius 3 is 2.48 bits per heavy atom. The van der Waals surface area contributed by atoms with E-state index < -0.39 is 30.0 Å². The first kappa shape index (κ1) is 16.3. The number of hydrogen-bond acceptors (Lipinski definition) is 9. The lowest BCUT2D eigenvalue weighted by Crippen LogP contribution is -2.21. The zero-order valence-electron chi connectivity index (χ0n) is 12.0. The molecule has 1 aromatic heterocycles. The first-order valence-electron chi connectivity index (χ1n) is 6.49. The quantitative estimate of drug-likeness (QED) is 0.428. The molecule has 0 aliphatic carbocycles. The molecule has 0 spiro atoms. The summed E-state index contributed by atoms with van der Waals surface area (Å²) in [6.45, 7) is 1.29. The second-order valence-electron chi connectivity index (χ2n) is 4.41. The molecule has 0 bridgehead atoms. The molecule has 1 aliphatic heterocycles. The Labute approximate surface area is 129 Å². The molecule has 1 aromatic rings. The summed E-state index contributed by atoms with van der Waals surface area (Å²) in [6, 6.07) is 0. The molecule has 1 N–H and O–H groups in total. The van der Waals surface area contributed by atoms with Crippen LogP contribution in [0.3, 0.4) is 0 Å². The molecular formula is C13H13NO9. The average Bonchev–Trinajstić information content (AvgIpc) is 3.06. The number of carbonyl (C=O) groups is 3. The Bertz CT molecular complexity index is 684. The zero-order chi connectivity index (χ0) is 16.8. The Morgan fingerprint density at radius 2 is 1.91 bits per heavy atom.